The minimum absolute atomic E-state index is 0.136. The van der Waals surface area contributed by atoms with E-state index in [-0.39, 0.29) is 12.1 Å². The summed E-state index contributed by atoms with van der Waals surface area (Å²) in [6, 6.07) is 0.281. The summed E-state index contributed by atoms with van der Waals surface area (Å²) in [5, 5.41) is 0. The van der Waals surface area contributed by atoms with Crippen molar-refractivity contribution in [1.29, 1.82) is 0 Å². The van der Waals surface area contributed by atoms with Gasteiger partial charge in [-0.2, -0.15) is 0 Å². The molecule has 13 heavy (non-hydrogen) atoms. The normalized spacial score (nSPS) is 20.8. The van der Waals surface area contributed by atoms with Crippen molar-refractivity contribution < 1.29 is 0 Å². The molecule has 0 amide bonds. The summed E-state index contributed by atoms with van der Waals surface area (Å²) in [6.45, 7) is 6.45. The zero-order valence-electron chi connectivity index (χ0n) is 8.96. The van der Waals surface area contributed by atoms with E-state index in [4.69, 9.17) is 11.5 Å². The van der Waals surface area contributed by atoms with E-state index in [1.165, 1.54) is 0 Å². The highest BCUT2D eigenvalue weighted by molar-refractivity contribution is 9.09. The molecule has 0 unspecified atom stereocenters. The van der Waals surface area contributed by atoms with Gasteiger partial charge in [0.25, 0.3) is 0 Å². The molecule has 2 nitrogen and oxygen atoms in total. The fraction of sp³-hybridized carbons (Fsp3) is 1.00. The maximum absolute atomic E-state index is 6.03. The molecule has 0 saturated heterocycles. The lowest BCUT2D eigenvalue weighted by molar-refractivity contribution is 0.361. The van der Waals surface area contributed by atoms with Crippen LogP contribution in [0.2, 0.25) is 0 Å². The van der Waals surface area contributed by atoms with Gasteiger partial charge in [0.2, 0.25) is 0 Å². The average molecular weight is 251 g/mol. The van der Waals surface area contributed by atoms with Crippen LogP contribution in [0.5, 0.6) is 0 Å². The fourth-order valence-corrected chi connectivity index (χ4v) is 2.01. The van der Waals surface area contributed by atoms with Crippen molar-refractivity contribution >= 4 is 15.9 Å². The standard InChI is InChI=1S/C10H23BrN2/c1-4-8(11)6-7(3)10(13)9(12)5-2/h7-10H,4-6,12-13H2,1-3H3/t7-,8+,9+,10+/m1/s1. The molecular weight excluding hydrogens is 228 g/mol. The van der Waals surface area contributed by atoms with Crippen LogP contribution >= 0.6 is 15.9 Å². The van der Waals surface area contributed by atoms with Crippen molar-refractivity contribution in [2.24, 2.45) is 17.4 Å². The maximum Gasteiger partial charge on any atom is 0.0218 e. The molecule has 0 heterocycles. The van der Waals surface area contributed by atoms with Crippen molar-refractivity contribution in [3.8, 4) is 0 Å². The Kier molecular flexibility index (Phi) is 7.00. The van der Waals surface area contributed by atoms with Gasteiger partial charge in [0, 0.05) is 16.9 Å². The number of hydrogen-bond acceptors (Lipinski definition) is 2. The third kappa shape index (κ3) is 4.99. The lowest BCUT2D eigenvalue weighted by Gasteiger charge is -2.26. The van der Waals surface area contributed by atoms with Gasteiger partial charge in [-0.05, 0) is 25.2 Å². The van der Waals surface area contributed by atoms with Gasteiger partial charge in [-0.25, -0.2) is 0 Å². The largest absolute Gasteiger partial charge is 0.326 e. The molecule has 0 bridgehead atoms. The van der Waals surface area contributed by atoms with E-state index in [0.29, 0.717) is 10.7 Å². The predicted molar refractivity (Wildman–Crippen MR) is 63.0 cm³/mol. The first-order valence-electron chi connectivity index (χ1n) is 5.18. The van der Waals surface area contributed by atoms with Crippen LogP contribution in [-0.2, 0) is 0 Å². The summed E-state index contributed by atoms with van der Waals surface area (Å²) >= 11 is 3.62. The highest BCUT2D eigenvalue weighted by Gasteiger charge is 2.20. The van der Waals surface area contributed by atoms with Crippen LogP contribution in [0.1, 0.15) is 40.0 Å². The van der Waals surface area contributed by atoms with Gasteiger partial charge in [-0.1, -0.05) is 36.7 Å². The molecule has 0 fully saturated rings. The van der Waals surface area contributed by atoms with Crippen molar-refractivity contribution in [2.45, 2.75) is 56.9 Å². The molecule has 3 heteroatoms. The van der Waals surface area contributed by atoms with Crippen molar-refractivity contribution in [1.82, 2.24) is 0 Å². The van der Waals surface area contributed by atoms with Crippen molar-refractivity contribution in [3.05, 3.63) is 0 Å². The SMILES string of the molecule is CC[C@H](Br)C[C@@H](C)[C@H](N)[C@@H](N)CC. The molecule has 0 saturated carbocycles. The van der Waals surface area contributed by atoms with E-state index in [9.17, 15) is 0 Å². The van der Waals surface area contributed by atoms with E-state index in [1.54, 1.807) is 0 Å². The fourth-order valence-electron chi connectivity index (χ4n) is 1.42. The van der Waals surface area contributed by atoms with Gasteiger partial charge in [-0.3, -0.25) is 0 Å². The van der Waals surface area contributed by atoms with Gasteiger partial charge >= 0.3 is 0 Å². The van der Waals surface area contributed by atoms with E-state index in [0.717, 1.165) is 19.3 Å². The Morgan fingerprint density at radius 2 is 1.69 bits per heavy atom. The molecule has 0 rings (SSSR count). The first kappa shape index (κ1) is 13.4. The smallest absolute Gasteiger partial charge is 0.0218 e. The second-order valence-corrected chi connectivity index (χ2v) is 5.16. The third-order valence-electron chi connectivity index (χ3n) is 2.69. The Morgan fingerprint density at radius 3 is 2.08 bits per heavy atom. The first-order valence-corrected chi connectivity index (χ1v) is 6.09. The predicted octanol–water partition coefficient (Wildman–Crippen LogP) is 2.25. The molecule has 80 valence electrons. The molecular formula is C10H23BrN2. The van der Waals surface area contributed by atoms with Gasteiger partial charge in [0.15, 0.2) is 0 Å². The van der Waals surface area contributed by atoms with Gasteiger partial charge in [0.05, 0.1) is 0 Å². The Bertz CT molecular complexity index is 130. The molecule has 0 aliphatic carbocycles. The summed E-state index contributed by atoms with van der Waals surface area (Å²) in [6.07, 6.45) is 3.23. The molecule has 0 aromatic heterocycles. The molecule has 0 aromatic rings. The Hall–Kier alpha value is 0.400. The highest BCUT2D eigenvalue weighted by atomic mass is 79.9. The zero-order valence-corrected chi connectivity index (χ0v) is 10.5. The van der Waals surface area contributed by atoms with Crippen LogP contribution in [0.3, 0.4) is 0 Å². The lowest BCUT2D eigenvalue weighted by Crippen LogP contribution is -2.45. The minimum Gasteiger partial charge on any atom is -0.326 e. The summed E-state index contributed by atoms with van der Waals surface area (Å²) in [4.78, 5) is 0.581. The van der Waals surface area contributed by atoms with Gasteiger partial charge in [-0.15, -0.1) is 0 Å². The third-order valence-corrected chi connectivity index (χ3v) is 3.71. The topological polar surface area (TPSA) is 52.0 Å². The Labute approximate surface area is 90.6 Å². The molecule has 0 aliphatic rings. The summed E-state index contributed by atoms with van der Waals surface area (Å²) < 4.78 is 0. The van der Waals surface area contributed by atoms with E-state index in [2.05, 4.69) is 36.7 Å². The van der Waals surface area contributed by atoms with Crippen LogP contribution in [0.25, 0.3) is 0 Å². The number of rotatable bonds is 6. The first-order chi connectivity index (χ1) is 6.02. The molecule has 0 aliphatic heterocycles. The highest BCUT2D eigenvalue weighted by Crippen LogP contribution is 2.19. The minimum atomic E-state index is 0.136. The number of hydrogen-bond donors (Lipinski definition) is 2. The van der Waals surface area contributed by atoms with Gasteiger partial charge < -0.3 is 11.5 Å². The monoisotopic (exact) mass is 250 g/mol. The van der Waals surface area contributed by atoms with Crippen molar-refractivity contribution in [2.75, 3.05) is 0 Å². The van der Waals surface area contributed by atoms with E-state index >= 15 is 0 Å². The Morgan fingerprint density at radius 1 is 1.15 bits per heavy atom. The van der Waals surface area contributed by atoms with Crippen LogP contribution in [0.15, 0.2) is 0 Å². The second-order valence-electron chi connectivity index (χ2n) is 3.87. The number of nitrogens with two attached hydrogens (primary N) is 2. The van der Waals surface area contributed by atoms with E-state index in [1.807, 2.05) is 0 Å². The molecule has 4 atom stereocenters. The Balaban J connectivity index is 3.87. The summed E-state index contributed by atoms with van der Waals surface area (Å²) in [5.74, 6) is 0.499. The molecule has 4 N–H and O–H groups in total. The lowest BCUT2D eigenvalue weighted by atomic mass is 9.90. The summed E-state index contributed by atoms with van der Waals surface area (Å²) in [7, 11) is 0. The van der Waals surface area contributed by atoms with Crippen molar-refractivity contribution in [3.63, 3.8) is 0 Å². The zero-order chi connectivity index (χ0) is 10.4. The summed E-state index contributed by atoms with van der Waals surface area (Å²) in [5.41, 5.74) is 11.9. The maximum atomic E-state index is 6.03. The molecule has 0 radical (unpaired) electrons. The average Bonchev–Trinajstić information content (AvgIpc) is 2.14. The van der Waals surface area contributed by atoms with E-state index < -0.39 is 0 Å². The van der Waals surface area contributed by atoms with Crippen LogP contribution in [0.4, 0.5) is 0 Å². The second kappa shape index (κ2) is 6.80. The van der Waals surface area contributed by atoms with Gasteiger partial charge in [0.1, 0.15) is 0 Å². The van der Waals surface area contributed by atoms with Crippen LogP contribution in [0, 0.1) is 5.92 Å². The number of halogens is 1. The van der Waals surface area contributed by atoms with Crippen LogP contribution < -0.4 is 11.5 Å². The quantitative estimate of drug-likeness (QED) is 0.711. The van der Waals surface area contributed by atoms with Crippen LogP contribution in [-0.4, -0.2) is 16.9 Å². The number of alkyl halides is 1. The molecule has 0 spiro atoms. The molecule has 0 aromatic carbocycles.